The summed E-state index contributed by atoms with van der Waals surface area (Å²) in [5, 5.41) is 3.50. The van der Waals surface area contributed by atoms with Crippen LogP contribution >= 0.6 is 0 Å². The maximum absolute atomic E-state index is 3.50. The molecule has 1 N–H and O–H groups in total. The Balaban J connectivity index is 1.79. The van der Waals surface area contributed by atoms with Gasteiger partial charge in [-0.25, -0.2) is 0 Å². The van der Waals surface area contributed by atoms with E-state index in [0.717, 1.165) is 17.9 Å². The number of hydrogen-bond acceptors (Lipinski definition) is 2. The zero-order valence-corrected chi connectivity index (χ0v) is 11.0. The first kappa shape index (κ1) is 12.4. The zero-order chi connectivity index (χ0) is 11.4. The Hall–Kier alpha value is -0.0800. The van der Waals surface area contributed by atoms with Crippen LogP contribution in [0.3, 0.4) is 0 Å². The molecule has 1 heterocycles. The van der Waals surface area contributed by atoms with Gasteiger partial charge in [0, 0.05) is 12.6 Å². The van der Waals surface area contributed by atoms with Crippen molar-refractivity contribution in [2.24, 2.45) is 11.8 Å². The van der Waals surface area contributed by atoms with Gasteiger partial charge in [0.05, 0.1) is 0 Å². The van der Waals surface area contributed by atoms with E-state index < -0.39 is 0 Å². The largest absolute Gasteiger partial charge is 0.317 e. The molecule has 94 valence electrons. The number of nitrogens with zero attached hydrogens (tertiary/aromatic N) is 1. The van der Waals surface area contributed by atoms with E-state index in [1.807, 2.05) is 0 Å². The van der Waals surface area contributed by atoms with Gasteiger partial charge in [0.15, 0.2) is 0 Å². The third-order valence-electron chi connectivity index (χ3n) is 4.63. The fourth-order valence-corrected chi connectivity index (χ4v) is 3.47. The molecule has 1 aliphatic carbocycles. The first-order chi connectivity index (χ1) is 7.79. The van der Waals surface area contributed by atoms with Crippen LogP contribution in [0, 0.1) is 11.8 Å². The van der Waals surface area contributed by atoms with Gasteiger partial charge in [-0.3, -0.25) is 0 Å². The molecular weight excluding hydrogens is 196 g/mol. The van der Waals surface area contributed by atoms with Gasteiger partial charge in [0.1, 0.15) is 0 Å². The monoisotopic (exact) mass is 224 g/mol. The van der Waals surface area contributed by atoms with E-state index in [-0.39, 0.29) is 0 Å². The van der Waals surface area contributed by atoms with Gasteiger partial charge in [0.2, 0.25) is 0 Å². The van der Waals surface area contributed by atoms with Crippen LogP contribution in [0.25, 0.3) is 0 Å². The minimum Gasteiger partial charge on any atom is -0.317 e. The summed E-state index contributed by atoms with van der Waals surface area (Å²) in [7, 11) is 2.13. The standard InChI is InChI=1S/C14H28N2/c1-12-5-4-9-16(10-8-12)11-13-6-3-7-14(13)15-2/h12-15H,3-11H2,1-2H3. The van der Waals surface area contributed by atoms with Crippen molar-refractivity contribution in [3.05, 3.63) is 0 Å². The van der Waals surface area contributed by atoms with Crippen LogP contribution in [-0.2, 0) is 0 Å². The predicted molar refractivity (Wildman–Crippen MR) is 69.6 cm³/mol. The minimum atomic E-state index is 0.792. The van der Waals surface area contributed by atoms with E-state index >= 15 is 0 Å². The Kier molecular flexibility index (Phi) is 4.66. The highest BCUT2D eigenvalue weighted by Gasteiger charge is 2.27. The average molecular weight is 224 g/mol. The molecule has 3 atom stereocenters. The maximum Gasteiger partial charge on any atom is 0.0104 e. The fourth-order valence-electron chi connectivity index (χ4n) is 3.47. The summed E-state index contributed by atoms with van der Waals surface area (Å²) < 4.78 is 0. The molecule has 0 radical (unpaired) electrons. The molecule has 0 spiro atoms. The van der Waals surface area contributed by atoms with Crippen LogP contribution in [0.15, 0.2) is 0 Å². The smallest absolute Gasteiger partial charge is 0.0104 e. The molecule has 1 saturated carbocycles. The Labute approximate surface area is 101 Å². The fraction of sp³-hybridized carbons (Fsp3) is 1.00. The second-order valence-corrected chi connectivity index (χ2v) is 5.92. The van der Waals surface area contributed by atoms with E-state index in [2.05, 4.69) is 24.2 Å². The van der Waals surface area contributed by atoms with E-state index in [9.17, 15) is 0 Å². The highest BCUT2D eigenvalue weighted by molar-refractivity contribution is 4.84. The Bertz CT molecular complexity index is 205. The molecule has 0 bridgehead atoms. The summed E-state index contributed by atoms with van der Waals surface area (Å²) in [5.41, 5.74) is 0. The Morgan fingerprint density at radius 3 is 2.75 bits per heavy atom. The number of nitrogens with one attached hydrogen (secondary N) is 1. The van der Waals surface area contributed by atoms with Gasteiger partial charge >= 0.3 is 0 Å². The van der Waals surface area contributed by atoms with Crippen LogP contribution < -0.4 is 5.32 Å². The quantitative estimate of drug-likeness (QED) is 0.792. The Morgan fingerprint density at radius 1 is 1.06 bits per heavy atom. The first-order valence-electron chi connectivity index (χ1n) is 7.19. The summed E-state index contributed by atoms with van der Waals surface area (Å²) in [6.45, 7) is 6.44. The first-order valence-corrected chi connectivity index (χ1v) is 7.19. The molecule has 2 aliphatic rings. The van der Waals surface area contributed by atoms with Gasteiger partial charge in [-0.05, 0) is 64.1 Å². The van der Waals surface area contributed by atoms with Crippen LogP contribution in [-0.4, -0.2) is 37.6 Å². The highest BCUT2D eigenvalue weighted by Crippen LogP contribution is 2.27. The van der Waals surface area contributed by atoms with Crippen molar-refractivity contribution < 1.29 is 0 Å². The summed E-state index contributed by atoms with van der Waals surface area (Å²) in [6, 6.07) is 0.792. The van der Waals surface area contributed by atoms with Crippen molar-refractivity contribution in [3.8, 4) is 0 Å². The topological polar surface area (TPSA) is 15.3 Å². The summed E-state index contributed by atoms with van der Waals surface area (Å²) in [5.74, 6) is 1.87. The van der Waals surface area contributed by atoms with Crippen molar-refractivity contribution in [2.45, 2.75) is 51.5 Å². The lowest BCUT2D eigenvalue weighted by molar-refractivity contribution is 0.221. The van der Waals surface area contributed by atoms with E-state index in [1.165, 1.54) is 58.2 Å². The SMILES string of the molecule is CNC1CCCC1CN1CCCC(C)CC1. The summed E-state index contributed by atoms with van der Waals surface area (Å²) in [6.07, 6.45) is 8.54. The summed E-state index contributed by atoms with van der Waals surface area (Å²) >= 11 is 0. The second kappa shape index (κ2) is 6.02. The molecule has 2 rings (SSSR count). The Morgan fingerprint density at radius 2 is 1.94 bits per heavy atom. The van der Waals surface area contributed by atoms with Crippen LogP contribution in [0.1, 0.15) is 45.4 Å². The summed E-state index contributed by atoms with van der Waals surface area (Å²) in [4.78, 5) is 2.73. The molecule has 1 saturated heterocycles. The molecule has 1 aliphatic heterocycles. The van der Waals surface area contributed by atoms with Crippen molar-refractivity contribution in [1.29, 1.82) is 0 Å². The van der Waals surface area contributed by atoms with E-state index in [1.54, 1.807) is 0 Å². The van der Waals surface area contributed by atoms with Crippen LogP contribution in [0.4, 0.5) is 0 Å². The number of likely N-dealkylation sites (tertiary alicyclic amines) is 1. The zero-order valence-electron chi connectivity index (χ0n) is 11.0. The molecule has 2 heteroatoms. The predicted octanol–water partition coefficient (Wildman–Crippen LogP) is 2.50. The molecule has 2 fully saturated rings. The van der Waals surface area contributed by atoms with E-state index in [0.29, 0.717) is 0 Å². The average Bonchev–Trinajstić information content (AvgIpc) is 2.63. The molecule has 0 amide bonds. The molecular formula is C14H28N2. The number of rotatable bonds is 3. The van der Waals surface area contributed by atoms with Crippen molar-refractivity contribution >= 4 is 0 Å². The molecule has 3 unspecified atom stereocenters. The lowest BCUT2D eigenvalue weighted by atomic mass is 10.0. The normalized spacial score (nSPS) is 37.5. The maximum atomic E-state index is 3.50. The third-order valence-corrected chi connectivity index (χ3v) is 4.63. The van der Waals surface area contributed by atoms with Crippen LogP contribution in [0.2, 0.25) is 0 Å². The van der Waals surface area contributed by atoms with Crippen molar-refractivity contribution in [2.75, 3.05) is 26.7 Å². The van der Waals surface area contributed by atoms with Gasteiger partial charge in [-0.2, -0.15) is 0 Å². The molecule has 0 aromatic heterocycles. The molecule has 16 heavy (non-hydrogen) atoms. The second-order valence-electron chi connectivity index (χ2n) is 5.92. The number of hydrogen-bond donors (Lipinski definition) is 1. The lowest BCUT2D eigenvalue weighted by Crippen LogP contribution is -2.38. The highest BCUT2D eigenvalue weighted by atomic mass is 15.1. The molecule has 0 aromatic rings. The van der Waals surface area contributed by atoms with Crippen molar-refractivity contribution in [3.63, 3.8) is 0 Å². The van der Waals surface area contributed by atoms with Crippen molar-refractivity contribution in [1.82, 2.24) is 10.2 Å². The van der Waals surface area contributed by atoms with Gasteiger partial charge in [-0.1, -0.05) is 13.3 Å². The lowest BCUT2D eigenvalue weighted by Gasteiger charge is -2.27. The van der Waals surface area contributed by atoms with Crippen LogP contribution in [0.5, 0.6) is 0 Å². The minimum absolute atomic E-state index is 0.792. The van der Waals surface area contributed by atoms with Gasteiger partial charge in [-0.15, -0.1) is 0 Å². The third kappa shape index (κ3) is 3.21. The van der Waals surface area contributed by atoms with Gasteiger partial charge < -0.3 is 10.2 Å². The van der Waals surface area contributed by atoms with E-state index in [4.69, 9.17) is 0 Å². The van der Waals surface area contributed by atoms with Gasteiger partial charge in [0.25, 0.3) is 0 Å². The molecule has 2 nitrogen and oxygen atoms in total. The molecule has 0 aromatic carbocycles.